The Morgan fingerprint density at radius 3 is 2.35 bits per heavy atom. The van der Waals surface area contributed by atoms with Gasteiger partial charge in [-0.1, -0.05) is 18.2 Å². The first-order valence-corrected chi connectivity index (χ1v) is 14.3. The predicted octanol–water partition coefficient (Wildman–Crippen LogP) is 5.59. The Labute approximate surface area is 247 Å². The SMILES string of the molecule is C=CCN(c1cccc(C(F)(F)F)c1)S(=O)(=O)c1cccc(C(=O)OCC(=O)N(CCC#N)c2ccc(OCC)cc2)c1. The molecule has 0 unspecified atom stereocenters. The summed E-state index contributed by atoms with van der Waals surface area (Å²) in [7, 11) is -4.46. The highest BCUT2D eigenvalue weighted by Crippen LogP contribution is 2.33. The maximum atomic E-state index is 13.5. The summed E-state index contributed by atoms with van der Waals surface area (Å²) in [5.41, 5.74) is -1.05. The highest BCUT2D eigenvalue weighted by atomic mass is 32.2. The standard InChI is InChI=1S/C30H28F3N3O6S/c1-3-17-36(25-10-6-9-23(20-25)30(31,32)33)43(39,40)27-11-5-8-22(19-27)29(38)42-21-28(37)35(18-7-16-34)24-12-14-26(15-13-24)41-4-2/h3,5-6,8-15,19-20H,1,4,7,17-18,21H2,2H3. The molecule has 0 radical (unpaired) electrons. The van der Waals surface area contributed by atoms with E-state index in [9.17, 15) is 31.2 Å². The Balaban J connectivity index is 1.81. The van der Waals surface area contributed by atoms with Gasteiger partial charge < -0.3 is 14.4 Å². The van der Waals surface area contributed by atoms with Gasteiger partial charge in [0.2, 0.25) is 0 Å². The fourth-order valence-corrected chi connectivity index (χ4v) is 5.42. The Morgan fingerprint density at radius 1 is 1.02 bits per heavy atom. The number of hydrogen-bond acceptors (Lipinski definition) is 7. The van der Waals surface area contributed by atoms with E-state index in [-0.39, 0.29) is 30.8 Å². The lowest BCUT2D eigenvalue weighted by atomic mass is 10.2. The molecule has 0 saturated carbocycles. The summed E-state index contributed by atoms with van der Waals surface area (Å²) >= 11 is 0. The van der Waals surface area contributed by atoms with Crippen molar-refractivity contribution in [3.63, 3.8) is 0 Å². The van der Waals surface area contributed by atoms with E-state index in [2.05, 4.69) is 6.58 Å². The van der Waals surface area contributed by atoms with Crippen molar-refractivity contribution >= 4 is 33.3 Å². The van der Waals surface area contributed by atoms with Crippen LogP contribution in [0.5, 0.6) is 5.75 Å². The summed E-state index contributed by atoms with van der Waals surface area (Å²) in [5.74, 6) is -1.05. The number of anilines is 2. The van der Waals surface area contributed by atoms with E-state index >= 15 is 0 Å². The van der Waals surface area contributed by atoms with Crippen LogP contribution in [0.4, 0.5) is 24.5 Å². The van der Waals surface area contributed by atoms with Crippen molar-refractivity contribution in [1.82, 2.24) is 0 Å². The second-order valence-electron chi connectivity index (χ2n) is 8.86. The van der Waals surface area contributed by atoms with Crippen molar-refractivity contribution in [3.05, 3.63) is 96.6 Å². The van der Waals surface area contributed by atoms with Gasteiger partial charge in [-0.25, -0.2) is 13.2 Å². The van der Waals surface area contributed by atoms with Gasteiger partial charge in [-0.2, -0.15) is 18.4 Å². The van der Waals surface area contributed by atoms with Crippen molar-refractivity contribution in [2.45, 2.75) is 24.4 Å². The van der Waals surface area contributed by atoms with E-state index in [4.69, 9.17) is 14.7 Å². The Bertz CT molecular complexity index is 1600. The molecule has 3 aromatic carbocycles. The molecule has 0 N–H and O–H groups in total. The van der Waals surface area contributed by atoms with Gasteiger partial charge >= 0.3 is 12.1 Å². The largest absolute Gasteiger partial charge is 0.494 e. The zero-order chi connectivity index (χ0) is 31.6. The number of carbonyl (C=O) groups is 2. The number of amides is 1. The molecule has 0 fully saturated rings. The molecule has 3 aromatic rings. The molecule has 0 aliphatic heterocycles. The number of halogens is 3. The molecule has 0 atom stereocenters. The fourth-order valence-electron chi connectivity index (χ4n) is 3.94. The second kappa shape index (κ2) is 14.4. The van der Waals surface area contributed by atoms with Crippen molar-refractivity contribution in [3.8, 4) is 11.8 Å². The topological polar surface area (TPSA) is 117 Å². The van der Waals surface area contributed by atoms with Crippen LogP contribution in [0.25, 0.3) is 0 Å². The lowest BCUT2D eigenvalue weighted by molar-refractivity contribution is -0.137. The Hall–Kier alpha value is -4.83. The number of alkyl halides is 3. The first-order chi connectivity index (χ1) is 20.4. The van der Waals surface area contributed by atoms with E-state index in [0.717, 1.165) is 22.5 Å². The molecule has 3 rings (SSSR count). The summed E-state index contributed by atoms with van der Waals surface area (Å²) in [4.78, 5) is 26.7. The summed E-state index contributed by atoms with van der Waals surface area (Å²) in [6.45, 7) is 4.74. The number of sulfonamides is 1. The number of benzene rings is 3. The van der Waals surface area contributed by atoms with Crippen LogP contribution in [-0.2, 0) is 25.7 Å². The van der Waals surface area contributed by atoms with Crippen molar-refractivity contribution < 1.29 is 40.7 Å². The third-order valence-corrected chi connectivity index (χ3v) is 7.74. The van der Waals surface area contributed by atoms with Crippen molar-refractivity contribution in [2.75, 3.05) is 35.5 Å². The maximum Gasteiger partial charge on any atom is 0.416 e. The van der Waals surface area contributed by atoms with E-state index in [1.807, 2.05) is 13.0 Å². The van der Waals surface area contributed by atoms with Gasteiger partial charge in [-0.15, -0.1) is 6.58 Å². The third kappa shape index (κ3) is 8.36. The smallest absolute Gasteiger partial charge is 0.416 e. The van der Waals surface area contributed by atoms with Crippen LogP contribution in [0, 0.1) is 11.3 Å². The molecule has 0 aliphatic carbocycles. The quantitative estimate of drug-likeness (QED) is 0.182. The Kier molecular flexibility index (Phi) is 10.9. The first-order valence-electron chi connectivity index (χ1n) is 12.9. The average molecular weight is 616 g/mol. The van der Waals surface area contributed by atoms with Gasteiger partial charge in [0.25, 0.3) is 15.9 Å². The maximum absolute atomic E-state index is 13.5. The molecule has 226 valence electrons. The van der Waals surface area contributed by atoms with Gasteiger partial charge in [0, 0.05) is 12.2 Å². The molecule has 0 aromatic heterocycles. The zero-order valence-corrected chi connectivity index (χ0v) is 23.9. The van der Waals surface area contributed by atoms with Crippen LogP contribution in [0.1, 0.15) is 29.3 Å². The number of nitriles is 1. The van der Waals surface area contributed by atoms with Crippen LogP contribution in [-0.4, -0.2) is 46.6 Å². The summed E-state index contributed by atoms with van der Waals surface area (Å²) in [6, 6.07) is 17.0. The highest BCUT2D eigenvalue weighted by Gasteiger charge is 2.32. The van der Waals surface area contributed by atoms with Gasteiger partial charge in [0.05, 0.1) is 47.4 Å². The predicted molar refractivity (Wildman–Crippen MR) is 153 cm³/mol. The molecule has 9 nitrogen and oxygen atoms in total. The minimum Gasteiger partial charge on any atom is -0.494 e. The number of nitrogens with zero attached hydrogens (tertiary/aromatic N) is 3. The lowest BCUT2D eigenvalue weighted by Gasteiger charge is -2.24. The van der Waals surface area contributed by atoms with Gasteiger partial charge in [-0.05, 0) is 67.6 Å². The normalized spacial score (nSPS) is 11.2. The molecule has 0 aliphatic rings. The molecular formula is C30H28F3N3O6S. The van der Waals surface area contributed by atoms with E-state index in [1.165, 1.54) is 35.2 Å². The second-order valence-corrected chi connectivity index (χ2v) is 10.7. The number of esters is 1. The number of ether oxygens (including phenoxy) is 2. The monoisotopic (exact) mass is 615 g/mol. The number of hydrogen-bond donors (Lipinski definition) is 0. The molecule has 0 heterocycles. The van der Waals surface area contributed by atoms with Gasteiger partial charge in [0.15, 0.2) is 6.61 Å². The third-order valence-electron chi connectivity index (χ3n) is 5.95. The molecule has 13 heteroatoms. The molecule has 0 saturated heterocycles. The van der Waals surface area contributed by atoms with E-state index in [1.54, 1.807) is 24.3 Å². The van der Waals surface area contributed by atoms with Crippen LogP contribution < -0.4 is 13.9 Å². The summed E-state index contributed by atoms with van der Waals surface area (Å²) < 4.78 is 78.1. The number of rotatable bonds is 13. The molecule has 0 spiro atoms. The minimum absolute atomic E-state index is 0.0138. The zero-order valence-electron chi connectivity index (χ0n) is 23.1. The van der Waals surface area contributed by atoms with Crippen LogP contribution in [0.3, 0.4) is 0 Å². The lowest BCUT2D eigenvalue weighted by Crippen LogP contribution is -2.35. The molecule has 43 heavy (non-hydrogen) atoms. The van der Waals surface area contributed by atoms with Crippen LogP contribution >= 0.6 is 0 Å². The van der Waals surface area contributed by atoms with Crippen molar-refractivity contribution in [2.24, 2.45) is 0 Å². The molecule has 1 amide bonds. The fraction of sp³-hybridized carbons (Fsp3) is 0.233. The Morgan fingerprint density at radius 2 is 1.72 bits per heavy atom. The minimum atomic E-state index is -4.70. The van der Waals surface area contributed by atoms with Crippen LogP contribution in [0.2, 0.25) is 0 Å². The van der Waals surface area contributed by atoms with Crippen LogP contribution in [0.15, 0.2) is 90.3 Å². The van der Waals surface area contributed by atoms with E-state index < -0.39 is 45.1 Å². The molecular weight excluding hydrogens is 587 g/mol. The van der Waals surface area contributed by atoms with Crippen molar-refractivity contribution in [1.29, 1.82) is 5.26 Å². The highest BCUT2D eigenvalue weighted by molar-refractivity contribution is 7.92. The van der Waals surface area contributed by atoms with E-state index in [0.29, 0.717) is 24.1 Å². The number of carbonyl (C=O) groups excluding carboxylic acids is 2. The molecule has 0 bridgehead atoms. The summed E-state index contributed by atoms with van der Waals surface area (Å²) in [5, 5.41) is 9.01. The van der Waals surface area contributed by atoms with Gasteiger partial charge in [0.1, 0.15) is 5.75 Å². The average Bonchev–Trinajstić information content (AvgIpc) is 2.99. The summed E-state index contributed by atoms with van der Waals surface area (Å²) in [6.07, 6.45) is -3.47. The van der Waals surface area contributed by atoms with Gasteiger partial charge in [-0.3, -0.25) is 9.10 Å². The first kappa shape index (κ1) is 32.7.